The van der Waals surface area contributed by atoms with Gasteiger partial charge in [-0.05, 0) is 62.9 Å². The maximum absolute atomic E-state index is 14.2. The Bertz CT molecular complexity index is 1190. The average Bonchev–Trinajstić information content (AvgIpc) is 3.45. The molecule has 1 spiro atoms. The van der Waals surface area contributed by atoms with Gasteiger partial charge in [0.1, 0.15) is 6.04 Å². The summed E-state index contributed by atoms with van der Waals surface area (Å²) in [6.45, 7) is 3.68. The quantitative estimate of drug-likeness (QED) is 0.491. The smallest absolute Gasteiger partial charge is 0.311 e. The van der Waals surface area contributed by atoms with Crippen LogP contribution in [0.3, 0.4) is 0 Å². The number of anilines is 1. The summed E-state index contributed by atoms with van der Waals surface area (Å²) in [6.07, 6.45) is 1.72. The van der Waals surface area contributed by atoms with E-state index in [0.717, 1.165) is 5.56 Å². The molecule has 3 saturated heterocycles. The minimum atomic E-state index is -0.854. The van der Waals surface area contributed by atoms with Crippen molar-refractivity contribution in [2.24, 2.45) is 11.8 Å². The number of nitrogens with one attached hydrogen (secondary N) is 1. The number of carbonyl (C=O) groups is 3. The van der Waals surface area contributed by atoms with Crippen molar-refractivity contribution in [3.05, 3.63) is 65.2 Å². The van der Waals surface area contributed by atoms with E-state index in [1.165, 1.54) is 0 Å². The first-order chi connectivity index (χ1) is 17.7. The van der Waals surface area contributed by atoms with E-state index in [1.807, 2.05) is 37.3 Å². The highest BCUT2D eigenvalue weighted by Crippen LogP contribution is 2.71. The van der Waals surface area contributed by atoms with Crippen LogP contribution in [0.5, 0.6) is 0 Å². The van der Waals surface area contributed by atoms with E-state index in [2.05, 4.69) is 5.32 Å². The van der Waals surface area contributed by atoms with E-state index in [1.54, 1.807) is 47.9 Å². The lowest BCUT2D eigenvalue weighted by atomic mass is 9.66. The highest BCUT2D eigenvalue weighted by Gasteiger charge is 2.78. The molecule has 0 radical (unpaired) electrons. The van der Waals surface area contributed by atoms with Crippen LogP contribution in [0.4, 0.5) is 5.69 Å². The minimum Gasteiger partial charge on any atom is -0.466 e. The van der Waals surface area contributed by atoms with Gasteiger partial charge in [0.05, 0.1) is 35.8 Å². The van der Waals surface area contributed by atoms with Crippen LogP contribution in [0.2, 0.25) is 5.02 Å². The van der Waals surface area contributed by atoms with Gasteiger partial charge in [-0.15, -0.1) is 11.8 Å². The molecule has 2 aromatic carbocycles. The molecule has 3 heterocycles. The largest absolute Gasteiger partial charge is 0.466 e. The average molecular weight is 543 g/mol. The summed E-state index contributed by atoms with van der Waals surface area (Å²) in [4.78, 5) is 43.0. The van der Waals surface area contributed by atoms with Crippen molar-refractivity contribution in [2.75, 3.05) is 18.5 Å². The number of nitrogens with zero attached hydrogens (tertiary/aromatic N) is 1. The number of esters is 1. The number of hydrogen-bond acceptors (Lipinski definition) is 6. The molecule has 5 rings (SSSR count). The highest BCUT2D eigenvalue weighted by molar-refractivity contribution is 8.02. The maximum atomic E-state index is 14.2. The zero-order chi connectivity index (χ0) is 26.4. The lowest BCUT2D eigenvalue weighted by Gasteiger charge is -2.37. The third-order valence-electron chi connectivity index (χ3n) is 8.03. The second kappa shape index (κ2) is 9.97. The zero-order valence-corrected chi connectivity index (χ0v) is 22.4. The third kappa shape index (κ3) is 4.33. The summed E-state index contributed by atoms with van der Waals surface area (Å²) in [5, 5.41) is 14.0. The van der Waals surface area contributed by atoms with Gasteiger partial charge in [-0.2, -0.15) is 0 Å². The Balaban J connectivity index is 1.56. The molecular weight excluding hydrogens is 512 g/mol. The normalized spacial score (nSPS) is 30.8. The topological polar surface area (TPSA) is 95.9 Å². The molecule has 3 aliphatic heterocycles. The molecule has 7 nitrogen and oxygen atoms in total. The summed E-state index contributed by atoms with van der Waals surface area (Å²) < 4.78 is 4.15. The van der Waals surface area contributed by atoms with Gasteiger partial charge in [0.15, 0.2) is 0 Å². The number of halogens is 1. The lowest BCUT2D eigenvalue weighted by molar-refractivity contribution is -0.155. The number of aliphatic hydroxyl groups excluding tert-OH is 1. The molecule has 2 aromatic rings. The Labute approximate surface area is 225 Å². The van der Waals surface area contributed by atoms with Gasteiger partial charge >= 0.3 is 5.97 Å². The minimum absolute atomic E-state index is 0.224. The van der Waals surface area contributed by atoms with Crippen LogP contribution >= 0.6 is 23.4 Å². The number of fused-ring (bicyclic) bond motifs is 1. The Kier molecular flexibility index (Phi) is 7.02. The molecule has 3 fully saturated rings. The van der Waals surface area contributed by atoms with Crippen molar-refractivity contribution >= 4 is 46.8 Å². The molecule has 2 bridgehead atoms. The second-order valence-electron chi connectivity index (χ2n) is 10.2. The van der Waals surface area contributed by atoms with E-state index in [9.17, 15) is 19.5 Å². The Morgan fingerprint density at radius 2 is 1.89 bits per heavy atom. The molecule has 6 atom stereocenters. The number of thioether (sulfide) groups is 1. The number of benzene rings is 2. The summed E-state index contributed by atoms with van der Waals surface area (Å²) >= 11 is 7.60. The number of aliphatic hydroxyl groups is 1. The number of carbonyl (C=O) groups excluding carboxylic acids is 3. The van der Waals surface area contributed by atoms with E-state index in [0.29, 0.717) is 30.0 Å². The van der Waals surface area contributed by atoms with Crippen LogP contribution in [0.1, 0.15) is 32.3 Å². The summed E-state index contributed by atoms with van der Waals surface area (Å²) in [5.74, 6) is -2.32. The van der Waals surface area contributed by atoms with E-state index >= 15 is 0 Å². The number of ether oxygens (including phenoxy) is 1. The fourth-order valence-corrected chi connectivity index (χ4v) is 8.98. The van der Waals surface area contributed by atoms with Crippen LogP contribution < -0.4 is 5.32 Å². The molecule has 0 aromatic heterocycles. The van der Waals surface area contributed by atoms with Gasteiger partial charge < -0.3 is 20.1 Å². The third-order valence-corrected chi connectivity index (χ3v) is 10.3. The van der Waals surface area contributed by atoms with Crippen molar-refractivity contribution in [1.82, 2.24) is 4.90 Å². The fourth-order valence-electron chi connectivity index (χ4n) is 6.53. The Morgan fingerprint density at radius 1 is 1.19 bits per heavy atom. The SMILES string of the molecule is CCOC(=O)[C@@H]1[C@H]2C(=O)N([C@@H](CO)Cc3ccccc3)C(C(=O)Nc3ccc(Cl)cc3)C23CC[C@@]1(C)S3. The van der Waals surface area contributed by atoms with E-state index < -0.39 is 33.4 Å². The monoisotopic (exact) mass is 542 g/mol. The number of amides is 2. The molecule has 0 aliphatic carbocycles. The van der Waals surface area contributed by atoms with E-state index in [-0.39, 0.29) is 31.0 Å². The van der Waals surface area contributed by atoms with Crippen LogP contribution in [0.25, 0.3) is 0 Å². The Hall–Kier alpha value is -2.55. The molecule has 2 amide bonds. The van der Waals surface area contributed by atoms with Crippen molar-refractivity contribution in [1.29, 1.82) is 0 Å². The van der Waals surface area contributed by atoms with Gasteiger partial charge in [-0.1, -0.05) is 41.9 Å². The summed E-state index contributed by atoms with van der Waals surface area (Å²) in [6, 6.07) is 14.9. The molecular formula is C28H31ClN2O5S. The first-order valence-electron chi connectivity index (χ1n) is 12.6. The molecule has 196 valence electrons. The molecule has 2 unspecified atom stereocenters. The number of rotatable bonds is 8. The summed E-state index contributed by atoms with van der Waals surface area (Å²) in [7, 11) is 0. The second-order valence-corrected chi connectivity index (χ2v) is 12.6. The first kappa shape index (κ1) is 26.1. The predicted octanol–water partition coefficient (Wildman–Crippen LogP) is 3.93. The highest BCUT2D eigenvalue weighted by atomic mass is 35.5. The molecule has 9 heteroatoms. The summed E-state index contributed by atoms with van der Waals surface area (Å²) in [5.41, 5.74) is 1.52. The molecule has 3 aliphatic rings. The van der Waals surface area contributed by atoms with Gasteiger partial charge in [0.2, 0.25) is 11.8 Å². The van der Waals surface area contributed by atoms with Crippen LogP contribution in [0, 0.1) is 11.8 Å². The number of hydrogen-bond donors (Lipinski definition) is 2. The number of likely N-dealkylation sites (tertiary alicyclic amines) is 1. The predicted molar refractivity (Wildman–Crippen MR) is 143 cm³/mol. The molecule has 37 heavy (non-hydrogen) atoms. The first-order valence-corrected chi connectivity index (χ1v) is 13.8. The lowest BCUT2D eigenvalue weighted by Crippen LogP contribution is -2.55. The van der Waals surface area contributed by atoms with Gasteiger partial charge in [0.25, 0.3) is 0 Å². The van der Waals surface area contributed by atoms with Gasteiger partial charge in [0, 0.05) is 15.5 Å². The van der Waals surface area contributed by atoms with Crippen LogP contribution in [0.15, 0.2) is 54.6 Å². The zero-order valence-electron chi connectivity index (χ0n) is 20.9. The van der Waals surface area contributed by atoms with Crippen molar-refractivity contribution < 1.29 is 24.2 Å². The van der Waals surface area contributed by atoms with Gasteiger partial charge in [-0.25, -0.2) is 0 Å². The van der Waals surface area contributed by atoms with Crippen molar-refractivity contribution in [3.8, 4) is 0 Å². The van der Waals surface area contributed by atoms with Crippen LogP contribution in [-0.4, -0.2) is 62.6 Å². The van der Waals surface area contributed by atoms with E-state index in [4.69, 9.17) is 16.3 Å². The van der Waals surface area contributed by atoms with Gasteiger partial charge in [-0.3, -0.25) is 14.4 Å². The standard InChI is InChI=1S/C28H31ClN2O5S/c1-3-36-26(35)22-21-25(34)31(20(16-32)15-17-7-5-4-6-8-17)23(28(21)14-13-27(22,2)37-28)24(33)30-19-11-9-18(29)10-12-19/h4-12,20-23,32H,3,13-16H2,1-2H3,(H,30,33)/t20-,21+,22+,23?,27-,28?/m1/s1. The maximum Gasteiger partial charge on any atom is 0.311 e. The Morgan fingerprint density at radius 3 is 2.54 bits per heavy atom. The van der Waals surface area contributed by atoms with Crippen LogP contribution in [-0.2, 0) is 25.5 Å². The van der Waals surface area contributed by atoms with Crippen molar-refractivity contribution in [2.45, 2.75) is 54.7 Å². The molecule has 2 N–H and O–H groups in total. The fraction of sp³-hybridized carbons (Fsp3) is 0.464. The van der Waals surface area contributed by atoms with Crippen molar-refractivity contribution in [3.63, 3.8) is 0 Å². The molecule has 0 saturated carbocycles.